The minimum Gasteiger partial charge on any atom is -0.310 e. The Hall–Kier alpha value is -0.910. The molecule has 5 heteroatoms. The van der Waals surface area contributed by atoms with Gasteiger partial charge in [-0.15, -0.1) is 0 Å². The van der Waals surface area contributed by atoms with E-state index in [-0.39, 0.29) is 6.04 Å². The second-order valence-corrected chi connectivity index (χ2v) is 7.89. The molecule has 0 radical (unpaired) electrons. The van der Waals surface area contributed by atoms with Gasteiger partial charge in [-0.05, 0) is 37.0 Å². The molecule has 1 N–H and O–H groups in total. The maximum atomic E-state index is 12.8. The van der Waals surface area contributed by atoms with E-state index in [1.807, 2.05) is 12.1 Å². The molecule has 118 valence electrons. The molecular formula is C16H26N2O2S. The molecule has 0 amide bonds. The van der Waals surface area contributed by atoms with Crippen LogP contribution < -0.4 is 5.32 Å². The van der Waals surface area contributed by atoms with Gasteiger partial charge in [0.25, 0.3) is 0 Å². The van der Waals surface area contributed by atoms with Crippen LogP contribution in [0.1, 0.15) is 45.6 Å². The zero-order valence-corrected chi connectivity index (χ0v) is 14.0. The molecule has 1 heterocycles. The van der Waals surface area contributed by atoms with E-state index in [9.17, 15) is 8.42 Å². The zero-order chi connectivity index (χ0) is 15.5. The van der Waals surface area contributed by atoms with Crippen LogP contribution in [0.15, 0.2) is 29.2 Å². The SMILES string of the molecule is CCC1CCCN1S(=O)(=O)c1cccc(CNC(C)C)c1. The van der Waals surface area contributed by atoms with E-state index in [1.165, 1.54) is 0 Å². The first kappa shape index (κ1) is 16.5. The molecule has 4 nitrogen and oxygen atoms in total. The van der Waals surface area contributed by atoms with E-state index in [4.69, 9.17) is 0 Å². The van der Waals surface area contributed by atoms with Crippen molar-refractivity contribution >= 4 is 10.0 Å². The first-order chi connectivity index (χ1) is 9.95. The van der Waals surface area contributed by atoms with Crippen molar-refractivity contribution in [1.29, 1.82) is 0 Å². The molecule has 1 aromatic rings. The zero-order valence-electron chi connectivity index (χ0n) is 13.2. The molecule has 0 aliphatic carbocycles. The summed E-state index contributed by atoms with van der Waals surface area (Å²) < 4.78 is 27.3. The average molecular weight is 310 g/mol. The minimum absolute atomic E-state index is 0.160. The van der Waals surface area contributed by atoms with Gasteiger partial charge in [0, 0.05) is 25.2 Å². The predicted molar refractivity (Wildman–Crippen MR) is 85.6 cm³/mol. The van der Waals surface area contributed by atoms with E-state index in [1.54, 1.807) is 16.4 Å². The highest BCUT2D eigenvalue weighted by Crippen LogP contribution is 2.27. The molecule has 1 saturated heterocycles. The lowest BCUT2D eigenvalue weighted by Gasteiger charge is -2.23. The summed E-state index contributed by atoms with van der Waals surface area (Å²) in [5, 5.41) is 3.32. The largest absolute Gasteiger partial charge is 0.310 e. The molecule has 0 spiro atoms. The van der Waals surface area contributed by atoms with E-state index < -0.39 is 10.0 Å². The lowest BCUT2D eigenvalue weighted by atomic mass is 10.2. The summed E-state index contributed by atoms with van der Waals surface area (Å²) in [6, 6.07) is 7.85. The van der Waals surface area contributed by atoms with Gasteiger partial charge in [0.15, 0.2) is 0 Å². The molecule has 1 atom stereocenters. The van der Waals surface area contributed by atoms with Gasteiger partial charge in [-0.1, -0.05) is 32.9 Å². The first-order valence-corrected chi connectivity index (χ1v) is 9.23. The van der Waals surface area contributed by atoms with Gasteiger partial charge in [-0.2, -0.15) is 4.31 Å². The Bertz CT molecular complexity index is 569. The predicted octanol–water partition coefficient (Wildman–Crippen LogP) is 2.75. The topological polar surface area (TPSA) is 49.4 Å². The summed E-state index contributed by atoms with van der Waals surface area (Å²) in [5.41, 5.74) is 1.01. The van der Waals surface area contributed by atoms with E-state index in [0.29, 0.717) is 24.0 Å². The number of nitrogens with one attached hydrogen (secondary N) is 1. The first-order valence-electron chi connectivity index (χ1n) is 7.79. The number of benzene rings is 1. The van der Waals surface area contributed by atoms with Crippen molar-refractivity contribution in [1.82, 2.24) is 9.62 Å². The minimum atomic E-state index is -3.36. The maximum Gasteiger partial charge on any atom is 0.243 e. The molecule has 1 unspecified atom stereocenters. The van der Waals surface area contributed by atoms with E-state index >= 15 is 0 Å². The third kappa shape index (κ3) is 3.84. The highest BCUT2D eigenvalue weighted by atomic mass is 32.2. The smallest absolute Gasteiger partial charge is 0.243 e. The van der Waals surface area contributed by atoms with Crippen LogP contribution in [0, 0.1) is 0 Å². The van der Waals surface area contributed by atoms with Crippen LogP contribution in [0.2, 0.25) is 0 Å². The summed E-state index contributed by atoms with van der Waals surface area (Å²) in [5.74, 6) is 0. The summed E-state index contributed by atoms with van der Waals surface area (Å²) in [6.45, 7) is 7.56. The normalized spacial score (nSPS) is 20.3. The van der Waals surface area contributed by atoms with Crippen molar-refractivity contribution in [2.45, 2.75) is 63.6 Å². The van der Waals surface area contributed by atoms with Crippen molar-refractivity contribution in [3.05, 3.63) is 29.8 Å². The molecule has 1 aliphatic heterocycles. The number of hydrogen-bond acceptors (Lipinski definition) is 3. The quantitative estimate of drug-likeness (QED) is 0.879. The molecule has 1 fully saturated rings. The van der Waals surface area contributed by atoms with Crippen LogP contribution in [0.5, 0.6) is 0 Å². The van der Waals surface area contributed by atoms with Crippen LogP contribution in [0.25, 0.3) is 0 Å². The molecule has 0 aromatic heterocycles. The standard InChI is InChI=1S/C16H26N2O2S/c1-4-15-8-6-10-18(15)21(19,20)16-9-5-7-14(11-16)12-17-13(2)3/h5,7,9,11,13,15,17H,4,6,8,10,12H2,1-3H3. The van der Waals surface area contributed by atoms with Gasteiger partial charge < -0.3 is 5.32 Å². The highest BCUT2D eigenvalue weighted by Gasteiger charge is 2.34. The average Bonchev–Trinajstić information content (AvgIpc) is 2.94. The van der Waals surface area contributed by atoms with E-state index in [0.717, 1.165) is 24.8 Å². The van der Waals surface area contributed by atoms with Gasteiger partial charge in [-0.25, -0.2) is 8.42 Å². The van der Waals surface area contributed by atoms with Gasteiger partial charge in [0.05, 0.1) is 4.90 Å². The van der Waals surface area contributed by atoms with Crippen molar-refractivity contribution in [2.24, 2.45) is 0 Å². The highest BCUT2D eigenvalue weighted by molar-refractivity contribution is 7.89. The summed E-state index contributed by atoms with van der Waals surface area (Å²) in [7, 11) is -3.36. The van der Waals surface area contributed by atoms with Crippen molar-refractivity contribution in [3.63, 3.8) is 0 Å². The Labute approximate surface area is 128 Å². The molecule has 21 heavy (non-hydrogen) atoms. The van der Waals surface area contributed by atoms with Crippen LogP contribution >= 0.6 is 0 Å². The van der Waals surface area contributed by atoms with E-state index in [2.05, 4.69) is 26.1 Å². The van der Waals surface area contributed by atoms with Gasteiger partial charge in [0.1, 0.15) is 0 Å². The van der Waals surface area contributed by atoms with Gasteiger partial charge in [-0.3, -0.25) is 0 Å². The van der Waals surface area contributed by atoms with Crippen molar-refractivity contribution in [2.75, 3.05) is 6.54 Å². The van der Waals surface area contributed by atoms with Crippen molar-refractivity contribution < 1.29 is 8.42 Å². The number of rotatable bonds is 6. The molecule has 1 aromatic carbocycles. The van der Waals surface area contributed by atoms with Crippen LogP contribution in [-0.4, -0.2) is 31.4 Å². The third-order valence-corrected chi connectivity index (χ3v) is 5.96. The molecule has 2 rings (SSSR count). The summed E-state index contributed by atoms with van der Waals surface area (Å²) in [4.78, 5) is 0.422. The maximum absolute atomic E-state index is 12.8. The fourth-order valence-electron chi connectivity index (χ4n) is 2.81. The second kappa shape index (κ2) is 6.90. The Balaban J connectivity index is 2.22. The Morgan fingerprint density at radius 2 is 2.14 bits per heavy atom. The summed E-state index contributed by atoms with van der Waals surface area (Å²) in [6.07, 6.45) is 2.82. The fraction of sp³-hybridized carbons (Fsp3) is 0.625. The van der Waals surface area contributed by atoms with Gasteiger partial charge in [0.2, 0.25) is 10.0 Å². The van der Waals surface area contributed by atoms with Crippen LogP contribution in [0.4, 0.5) is 0 Å². The van der Waals surface area contributed by atoms with Crippen molar-refractivity contribution in [3.8, 4) is 0 Å². The third-order valence-electron chi connectivity index (χ3n) is 4.01. The monoisotopic (exact) mass is 310 g/mol. The molecular weight excluding hydrogens is 284 g/mol. The lowest BCUT2D eigenvalue weighted by Crippen LogP contribution is -2.35. The summed E-state index contributed by atoms with van der Waals surface area (Å²) >= 11 is 0. The number of nitrogens with zero attached hydrogens (tertiary/aromatic N) is 1. The Morgan fingerprint density at radius 3 is 2.81 bits per heavy atom. The lowest BCUT2D eigenvalue weighted by molar-refractivity contribution is 0.379. The van der Waals surface area contributed by atoms with Gasteiger partial charge >= 0.3 is 0 Å². The Kier molecular flexibility index (Phi) is 5.41. The fourth-order valence-corrected chi connectivity index (χ4v) is 4.64. The Morgan fingerprint density at radius 1 is 1.38 bits per heavy atom. The molecule has 0 saturated carbocycles. The number of sulfonamides is 1. The van der Waals surface area contributed by atoms with Crippen LogP contribution in [-0.2, 0) is 16.6 Å². The number of hydrogen-bond donors (Lipinski definition) is 1. The van der Waals surface area contributed by atoms with Crippen LogP contribution in [0.3, 0.4) is 0 Å². The molecule has 1 aliphatic rings. The molecule has 0 bridgehead atoms. The second-order valence-electron chi connectivity index (χ2n) is 6.00.